The van der Waals surface area contributed by atoms with Gasteiger partial charge < -0.3 is 35.1 Å². The third-order valence-electron chi connectivity index (χ3n) is 9.06. The lowest BCUT2D eigenvalue weighted by atomic mass is 10.00. The molecule has 12 heteroatoms. The van der Waals surface area contributed by atoms with Crippen molar-refractivity contribution in [2.45, 2.75) is 89.8 Å². The summed E-state index contributed by atoms with van der Waals surface area (Å²) < 4.78 is 16.4. The van der Waals surface area contributed by atoms with Crippen molar-refractivity contribution in [2.24, 2.45) is 0 Å². The Morgan fingerprint density at radius 3 is 2.04 bits per heavy atom. The molecule has 1 saturated heterocycles. The second-order valence-corrected chi connectivity index (χ2v) is 14.6. The van der Waals surface area contributed by atoms with E-state index in [2.05, 4.69) is 16.0 Å². The van der Waals surface area contributed by atoms with Crippen molar-refractivity contribution in [1.82, 2.24) is 20.9 Å². The number of hydrogen-bond acceptors (Lipinski definition) is 8. The summed E-state index contributed by atoms with van der Waals surface area (Å²) in [6, 6.07) is 29.2. The van der Waals surface area contributed by atoms with E-state index in [1.807, 2.05) is 103 Å². The predicted octanol–water partition coefficient (Wildman–Crippen LogP) is 6.20. The lowest BCUT2D eigenvalue weighted by molar-refractivity contribution is -0.155. The summed E-state index contributed by atoms with van der Waals surface area (Å²) in [6.07, 6.45) is 0.134. The lowest BCUT2D eigenvalue weighted by Gasteiger charge is -2.30. The molecule has 0 saturated carbocycles. The smallest absolute Gasteiger partial charge is 0.408 e. The van der Waals surface area contributed by atoms with Crippen LogP contribution in [0.4, 0.5) is 9.59 Å². The Labute approximate surface area is 321 Å². The van der Waals surface area contributed by atoms with Crippen LogP contribution < -0.4 is 16.0 Å². The number of amides is 4. The zero-order chi connectivity index (χ0) is 39.2. The summed E-state index contributed by atoms with van der Waals surface area (Å²) in [7, 11) is 0. The summed E-state index contributed by atoms with van der Waals surface area (Å²) in [5.74, 6) is -1.55. The summed E-state index contributed by atoms with van der Waals surface area (Å²) in [4.78, 5) is 68.6. The van der Waals surface area contributed by atoms with Gasteiger partial charge in [-0.2, -0.15) is 0 Å². The number of likely N-dealkylation sites (tertiary alicyclic amines) is 1. The first-order chi connectivity index (χ1) is 26.4. The van der Waals surface area contributed by atoms with E-state index in [9.17, 15) is 24.0 Å². The van der Waals surface area contributed by atoms with Crippen LogP contribution in [-0.4, -0.2) is 71.7 Å². The molecular weight excluding hydrogens is 700 g/mol. The third-order valence-corrected chi connectivity index (χ3v) is 9.06. The van der Waals surface area contributed by atoms with Crippen molar-refractivity contribution in [1.29, 1.82) is 0 Å². The molecule has 1 heterocycles. The van der Waals surface area contributed by atoms with Gasteiger partial charge in [0.1, 0.15) is 36.9 Å². The topological polar surface area (TPSA) is 152 Å². The Balaban J connectivity index is 1.30. The number of hydrogen-bond donors (Lipinski definition) is 3. The maximum atomic E-state index is 14.4. The van der Waals surface area contributed by atoms with Gasteiger partial charge in [-0.25, -0.2) is 14.4 Å². The molecule has 0 radical (unpaired) electrons. The van der Waals surface area contributed by atoms with Crippen molar-refractivity contribution in [3.63, 3.8) is 0 Å². The first-order valence-corrected chi connectivity index (χ1v) is 18.7. The van der Waals surface area contributed by atoms with Crippen LogP contribution in [0.5, 0.6) is 0 Å². The highest BCUT2D eigenvalue weighted by atomic mass is 16.6. The molecular formula is C43H50N4O8. The summed E-state index contributed by atoms with van der Waals surface area (Å²) in [5.41, 5.74) is 1.64. The highest BCUT2D eigenvalue weighted by Gasteiger charge is 2.39. The molecule has 4 amide bonds. The van der Waals surface area contributed by atoms with Crippen LogP contribution in [-0.2, 0) is 48.2 Å². The maximum absolute atomic E-state index is 14.4. The number of fused-ring (bicyclic) bond motifs is 1. The van der Waals surface area contributed by atoms with Crippen LogP contribution in [0.2, 0.25) is 0 Å². The first kappa shape index (κ1) is 40.3. The molecule has 1 fully saturated rings. The van der Waals surface area contributed by atoms with E-state index in [4.69, 9.17) is 14.2 Å². The Bertz CT molecular complexity index is 1910. The number of alkyl carbamates (subject to hydrolysis) is 2. The van der Waals surface area contributed by atoms with Crippen LogP contribution in [0, 0.1) is 0 Å². The zero-order valence-electron chi connectivity index (χ0n) is 31.6. The number of rotatable bonds is 15. The Morgan fingerprint density at radius 1 is 0.727 bits per heavy atom. The van der Waals surface area contributed by atoms with Crippen LogP contribution in [0.3, 0.4) is 0 Å². The van der Waals surface area contributed by atoms with E-state index in [-0.39, 0.29) is 32.6 Å². The molecule has 0 aromatic heterocycles. The van der Waals surface area contributed by atoms with Crippen molar-refractivity contribution in [3.8, 4) is 0 Å². The van der Waals surface area contributed by atoms with Crippen LogP contribution in [0.25, 0.3) is 10.8 Å². The summed E-state index contributed by atoms with van der Waals surface area (Å²) in [5, 5.41) is 10.2. The number of esters is 1. The van der Waals surface area contributed by atoms with Gasteiger partial charge in [-0.05, 0) is 73.9 Å². The van der Waals surface area contributed by atoms with Crippen molar-refractivity contribution < 1.29 is 38.2 Å². The standard InChI is InChI=1S/C43H50N4O8/c1-43(2,3)55-42(52)46-35(20-12-24-44-41(51)54-29-31-16-8-5-9-17-31)38(48)45-36(27-32-22-23-33-18-10-11-19-34(33)26-32)39(49)47-25-13-21-37(47)40(50)53-28-30-14-6-4-7-15-30/h4-11,14-19,22-23,26,35-37H,12-13,20-21,24-25,27-29H2,1-3H3,(H,44,51)(H,45,48)(H,46,52)/t35-,36+,37-/m1/s1. The molecule has 12 nitrogen and oxygen atoms in total. The van der Waals surface area contributed by atoms with Crippen molar-refractivity contribution >= 4 is 40.7 Å². The highest BCUT2D eigenvalue weighted by Crippen LogP contribution is 2.23. The minimum Gasteiger partial charge on any atom is -0.459 e. The van der Waals surface area contributed by atoms with Gasteiger partial charge in [0, 0.05) is 19.5 Å². The second kappa shape index (κ2) is 19.4. The number of nitrogens with one attached hydrogen (secondary N) is 3. The van der Waals surface area contributed by atoms with Gasteiger partial charge in [0.05, 0.1) is 0 Å². The highest BCUT2D eigenvalue weighted by molar-refractivity contribution is 5.94. The summed E-state index contributed by atoms with van der Waals surface area (Å²) >= 11 is 0. The number of carbonyl (C=O) groups excluding carboxylic acids is 5. The molecule has 0 unspecified atom stereocenters. The molecule has 55 heavy (non-hydrogen) atoms. The van der Waals surface area contributed by atoms with Gasteiger partial charge in [-0.15, -0.1) is 0 Å². The maximum Gasteiger partial charge on any atom is 0.408 e. The van der Waals surface area contributed by atoms with Crippen molar-refractivity contribution in [3.05, 3.63) is 120 Å². The number of nitrogens with zero attached hydrogens (tertiary/aromatic N) is 1. The zero-order valence-corrected chi connectivity index (χ0v) is 31.6. The van der Waals surface area contributed by atoms with Crippen LogP contribution in [0.1, 0.15) is 63.1 Å². The molecule has 290 valence electrons. The minimum absolute atomic E-state index is 0.0765. The van der Waals surface area contributed by atoms with E-state index >= 15 is 0 Å². The normalized spacial score (nSPS) is 15.0. The molecule has 4 aromatic carbocycles. The molecule has 5 rings (SSSR count). The van der Waals surface area contributed by atoms with E-state index < -0.39 is 53.7 Å². The van der Waals surface area contributed by atoms with Crippen LogP contribution in [0.15, 0.2) is 103 Å². The molecule has 1 aliphatic heterocycles. The fraction of sp³-hybridized carbons (Fsp3) is 0.372. The van der Waals surface area contributed by atoms with E-state index in [1.54, 1.807) is 20.8 Å². The van der Waals surface area contributed by atoms with Gasteiger partial charge >= 0.3 is 18.2 Å². The first-order valence-electron chi connectivity index (χ1n) is 18.7. The van der Waals surface area contributed by atoms with Crippen molar-refractivity contribution in [2.75, 3.05) is 13.1 Å². The van der Waals surface area contributed by atoms with E-state index in [0.717, 1.165) is 27.5 Å². The fourth-order valence-corrected chi connectivity index (χ4v) is 6.36. The molecule has 0 spiro atoms. The third kappa shape index (κ3) is 12.6. The van der Waals surface area contributed by atoms with E-state index in [0.29, 0.717) is 25.8 Å². The van der Waals surface area contributed by atoms with Crippen LogP contribution >= 0.6 is 0 Å². The van der Waals surface area contributed by atoms with E-state index in [1.165, 1.54) is 4.90 Å². The average molecular weight is 751 g/mol. The number of carbonyl (C=O) groups is 5. The summed E-state index contributed by atoms with van der Waals surface area (Å²) in [6.45, 7) is 5.79. The Morgan fingerprint density at radius 2 is 1.36 bits per heavy atom. The number of benzene rings is 4. The quantitative estimate of drug-likeness (QED) is 0.0738. The van der Waals surface area contributed by atoms with Gasteiger partial charge in [0.15, 0.2) is 0 Å². The van der Waals surface area contributed by atoms with Gasteiger partial charge in [0.25, 0.3) is 0 Å². The minimum atomic E-state index is -1.12. The molecule has 4 aromatic rings. The van der Waals surface area contributed by atoms with Gasteiger partial charge in [0.2, 0.25) is 11.8 Å². The Hall–Kier alpha value is -5.91. The number of ether oxygens (including phenoxy) is 3. The van der Waals surface area contributed by atoms with Gasteiger partial charge in [-0.3, -0.25) is 9.59 Å². The second-order valence-electron chi connectivity index (χ2n) is 14.6. The molecule has 3 N–H and O–H groups in total. The average Bonchev–Trinajstić information content (AvgIpc) is 3.67. The largest absolute Gasteiger partial charge is 0.459 e. The molecule has 0 aliphatic carbocycles. The monoisotopic (exact) mass is 750 g/mol. The SMILES string of the molecule is CC(C)(C)OC(=O)N[C@H](CCCNC(=O)OCc1ccccc1)C(=O)N[C@@H](Cc1ccc2ccccc2c1)C(=O)N1CCC[C@@H]1C(=O)OCc1ccccc1. The van der Waals surface area contributed by atoms with Gasteiger partial charge in [-0.1, -0.05) is 103 Å². The predicted molar refractivity (Wildman–Crippen MR) is 208 cm³/mol. The molecule has 1 aliphatic rings. The Kier molecular flexibility index (Phi) is 14.2. The lowest BCUT2D eigenvalue weighted by Crippen LogP contribution is -2.57. The molecule has 3 atom stereocenters. The molecule has 0 bridgehead atoms. The fourth-order valence-electron chi connectivity index (χ4n) is 6.36.